The van der Waals surface area contributed by atoms with E-state index in [1.54, 1.807) is 6.33 Å². The van der Waals surface area contributed by atoms with Crippen molar-refractivity contribution in [2.24, 2.45) is 5.92 Å². The van der Waals surface area contributed by atoms with E-state index in [1.807, 2.05) is 24.8 Å². The highest BCUT2D eigenvalue weighted by Crippen LogP contribution is 2.20. The number of carbonyl (C=O) groups excluding carboxylic acids is 1. The number of anilines is 2. The molecule has 0 N–H and O–H groups in total. The van der Waals surface area contributed by atoms with Crippen LogP contribution in [0.15, 0.2) is 12.4 Å². The summed E-state index contributed by atoms with van der Waals surface area (Å²) < 4.78 is 5.39. The van der Waals surface area contributed by atoms with Gasteiger partial charge in [0.1, 0.15) is 18.0 Å². The molecule has 2 fully saturated rings. The van der Waals surface area contributed by atoms with Crippen LogP contribution in [0.5, 0.6) is 0 Å². The average molecular weight is 319 g/mol. The van der Waals surface area contributed by atoms with Gasteiger partial charge in [-0.15, -0.1) is 0 Å². The summed E-state index contributed by atoms with van der Waals surface area (Å²) >= 11 is 0. The van der Waals surface area contributed by atoms with Crippen LogP contribution >= 0.6 is 0 Å². The lowest BCUT2D eigenvalue weighted by Crippen LogP contribution is -2.50. The van der Waals surface area contributed by atoms with Crippen molar-refractivity contribution in [1.82, 2.24) is 14.9 Å². The van der Waals surface area contributed by atoms with Crippen molar-refractivity contribution in [2.45, 2.75) is 13.8 Å². The summed E-state index contributed by atoms with van der Waals surface area (Å²) in [5, 5.41) is 0. The minimum absolute atomic E-state index is 0.0634. The fourth-order valence-corrected chi connectivity index (χ4v) is 3.00. The highest BCUT2D eigenvalue weighted by Gasteiger charge is 2.24. The van der Waals surface area contributed by atoms with Crippen molar-refractivity contribution in [3.8, 4) is 0 Å². The lowest BCUT2D eigenvalue weighted by molar-refractivity contribution is -0.134. The van der Waals surface area contributed by atoms with Crippen molar-refractivity contribution in [3.05, 3.63) is 12.4 Å². The van der Waals surface area contributed by atoms with Gasteiger partial charge in [-0.05, 0) is 0 Å². The molecule has 2 aliphatic heterocycles. The van der Waals surface area contributed by atoms with Crippen LogP contribution in [-0.2, 0) is 9.53 Å². The summed E-state index contributed by atoms with van der Waals surface area (Å²) in [6.45, 7) is 10.3. The zero-order valence-electron chi connectivity index (χ0n) is 13.9. The van der Waals surface area contributed by atoms with Gasteiger partial charge >= 0.3 is 0 Å². The molecule has 0 radical (unpaired) electrons. The molecule has 1 aromatic rings. The average Bonchev–Trinajstić information content (AvgIpc) is 2.62. The second-order valence-corrected chi connectivity index (χ2v) is 6.30. The number of hydrogen-bond donors (Lipinski definition) is 0. The van der Waals surface area contributed by atoms with Crippen LogP contribution in [0, 0.1) is 5.92 Å². The number of carbonyl (C=O) groups is 1. The number of hydrogen-bond acceptors (Lipinski definition) is 6. The van der Waals surface area contributed by atoms with Crippen molar-refractivity contribution < 1.29 is 9.53 Å². The monoisotopic (exact) mass is 319 g/mol. The number of nitrogens with zero attached hydrogens (tertiary/aromatic N) is 5. The smallest absolute Gasteiger partial charge is 0.225 e. The van der Waals surface area contributed by atoms with E-state index in [9.17, 15) is 4.79 Å². The van der Waals surface area contributed by atoms with Gasteiger partial charge < -0.3 is 19.4 Å². The molecular weight excluding hydrogens is 294 g/mol. The van der Waals surface area contributed by atoms with E-state index in [0.717, 1.165) is 64.1 Å². The van der Waals surface area contributed by atoms with E-state index in [2.05, 4.69) is 19.8 Å². The molecule has 126 valence electrons. The Labute approximate surface area is 137 Å². The highest BCUT2D eigenvalue weighted by atomic mass is 16.5. The first-order valence-corrected chi connectivity index (χ1v) is 8.33. The number of aromatic nitrogens is 2. The molecule has 0 saturated carbocycles. The highest BCUT2D eigenvalue weighted by molar-refractivity contribution is 5.78. The Bertz CT molecular complexity index is 537. The third-order valence-corrected chi connectivity index (χ3v) is 4.38. The van der Waals surface area contributed by atoms with Crippen LogP contribution in [0.3, 0.4) is 0 Å². The van der Waals surface area contributed by atoms with Crippen LogP contribution < -0.4 is 9.80 Å². The van der Waals surface area contributed by atoms with Gasteiger partial charge in [-0.1, -0.05) is 13.8 Å². The SMILES string of the molecule is CC(C)C(=O)N1CCN(c2cc(N3CCOCC3)ncn2)CC1. The molecule has 23 heavy (non-hydrogen) atoms. The molecule has 7 nitrogen and oxygen atoms in total. The van der Waals surface area contributed by atoms with Crippen molar-refractivity contribution in [2.75, 3.05) is 62.3 Å². The van der Waals surface area contributed by atoms with Gasteiger partial charge in [0, 0.05) is 51.3 Å². The fourth-order valence-electron chi connectivity index (χ4n) is 3.00. The Hall–Kier alpha value is -1.89. The Kier molecular flexibility index (Phi) is 4.95. The number of ether oxygens (including phenoxy) is 1. The fraction of sp³-hybridized carbons (Fsp3) is 0.688. The Morgan fingerprint density at radius 1 is 1.00 bits per heavy atom. The Morgan fingerprint density at radius 2 is 1.57 bits per heavy atom. The molecule has 7 heteroatoms. The molecule has 1 amide bonds. The third kappa shape index (κ3) is 3.72. The summed E-state index contributed by atoms with van der Waals surface area (Å²) in [6.07, 6.45) is 1.63. The topological polar surface area (TPSA) is 61.8 Å². The van der Waals surface area contributed by atoms with Crippen LogP contribution in [0.2, 0.25) is 0 Å². The minimum Gasteiger partial charge on any atom is -0.378 e. The maximum absolute atomic E-state index is 12.1. The van der Waals surface area contributed by atoms with Crippen molar-refractivity contribution >= 4 is 17.5 Å². The zero-order chi connectivity index (χ0) is 16.2. The number of rotatable bonds is 3. The number of piperazine rings is 1. The molecule has 0 aliphatic carbocycles. The molecule has 2 aliphatic rings. The number of morpholine rings is 1. The predicted octanol–water partition coefficient (Wildman–Crippen LogP) is 0.618. The maximum Gasteiger partial charge on any atom is 0.225 e. The zero-order valence-corrected chi connectivity index (χ0v) is 13.9. The van der Waals surface area contributed by atoms with Gasteiger partial charge in [-0.2, -0.15) is 0 Å². The quantitative estimate of drug-likeness (QED) is 0.814. The van der Waals surface area contributed by atoms with E-state index in [0.29, 0.717) is 0 Å². The van der Waals surface area contributed by atoms with E-state index in [4.69, 9.17) is 4.74 Å². The summed E-state index contributed by atoms with van der Waals surface area (Å²) in [5.41, 5.74) is 0. The van der Waals surface area contributed by atoms with Gasteiger partial charge in [-0.25, -0.2) is 9.97 Å². The normalized spacial score (nSPS) is 19.3. The van der Waals surface area contributed by atoms with Crippen LogP contribution in [0.25, 0.3) is 0 Å². The van der Waals surface area contributed by atoms with E-state index >= 15 is 0 Å². The summed E-state index contributed by atoms with van der Waals surface area (Å²) in [5.74, 6) is 2.20. The minimum atomic E-state index is 0.0634. The summed E-state index contributed by atoms with van der Waals surface area (Å²) in [4.78, 5) is 27.3. The molecule has 1 aromatic heterocycles. The van der Waals surface area contributed by atoms with E-state index < -0.39 is 0 Å². The molecule has 3 heterocycles. The molecular formula is C16H25N5O2. The molecule has 0 aromatic carbocycles. The largest absolute Gasteiger partial charge is 0.378 e. The van der Waals surface area contributed by atoms with Crippen LogP contribution in [-0.4, -0.2) is 73.3 Å². The standard InChI is InChI=1S/C16H25N5O2/c1-13(2)16(22)21-5-3-19(4-6-21)14-11-15(18-12-17-14)20-7-9-23-10-8-20/h11-13H,3-10H2,1-2H3. The van der Waals surface area contributed by atoms with Crippen molar-refractivity contribution in [1.29, 1.82) is 0 Å². The second kappa shape index (κ2) is 7.12. The molecule has 3 rings (SSSR count). The lowest BCUT2D eigenvalue weighted by Gasteiger charge is -2.36. The maximum atomic E-state index is 12.1. The Balaban J connectivity index is 1.63. The van der Waals surface area contributed by atoms with E-state index in [-0.39, 0.29) is 11.8 Å². The first kappa shape index (κ1) is 16.0. The molecule has 0 atom stereocenters. The summed E-state index contributed by atoms with van der Waals surface area (Å²) in [6, 6.07) is 2.05. The van der Waals surface area contributed by atoms with Crippen LogP contribution in [0.4, 0.5) is 11.6 Å². The molecule has 0 spiro atoms. The molecule has 0 unspecified atom stereocenters. The first-order chi connectivity index (χ1) is 11.1. The van der Waals surface area contributed by atoms with Gasteiger partial charge in [0.15, 0.2) is 0 Å². The predicted molar refractivity (Wildman–Crippen MR) is 88.7 cm³/mol. The van der Waals surface area contributed by atoms with Gasteiger partial charge in [-0.3, -0.25) is 4.79 Å². The Morgan fingerprint density at radius 3 is 2.13 bits per heavy atom. The van der Waals surface area contributed by atoms with E-state index in [1.165, 1.54) is 0 Å². The summed E-state index contributed by atoms with van der Waals surface area (Å²) in [7, 11) is 0. The van der Waals surface area contributed by atoms with Crippen molar-refractivity contribution in [3.63, 3.8) is 0 Å². The number of amides is 1. The second-order valence-electron chi connectivity index (χ2n) is 6.30. The van der Waals surface area contributed by atoms with Gasteiger partial charge in [0.25, 0.3) is 0 Å². The first-order valence-electron chi connectivity index (χ1n) is 8.33. The van der Waals surface area contributed by atoms with Gasteiger partial charge in [0.05, 0.1) is 13.2 Å². The molecule has 0 bridgehead atoms. The van der Waals surface area contributed by atoms with Gasteiger partial charge in [0.2, 0.25) is 5.91 Å². The molecule has 2 saturated heterocycles. The lowest BCUT2D eigenvalue weighted by atomic mass is 10.1. The van der Waals surface area contributed by atoms with Crippen LogP contribution in [0.1, 0.15) is 13.8 Å². The third-order valence-electron chi connectivity index (χ3n) is 4.38.